The summed E-state index contributed by atoms with van der Waals surface area (Å²) in [4.78, 5) is 11.7. The van der Waals surface area contributed by atoms with Crippen molar-refractivity contribution in [2.24, 2.45) is 0 Å². The zero-order valence-electron chi connectivity index (χ0n) is 9.77. The fourth-order valence-electron chi connectivity index (χ4n) is 1.58. The maximum atomic E-state index is 11.7. The Morgan fingerprint density at radius 2 is 2.41 bits per heavy atom. The maximum Gasteiger partial charge on any atom is 0.273 e. The molecule has 2 aromatic rings. The molecule has 0 saturated carbocycles. The van der Waals surface area contributed by atoms with Crippen molar-refractivity contribution in [2.45, 2.75) is 26.3 Å². The van der Waals surface area contributed by atoms with Crippen LogP contribution in [0.25, 0.3) is 0 Å². The third-order valence-corrected chi connectivity index (χ3v) is 2.36. The normalized spacial score (nSPS) is 12.4. The van der Waals surface area contributed by atoms with Gasteiger partial charge in [0.1, 0.15) is 5.76 Å². The Hall–Kier alpha value is -2.04. The number of aromatic nitrogens is 1. The minimum Gasteiger partial charge on any atom is -0.472 e. The molecule has 0 bridgehead atoms. The Morgan fingerprint density at radius 3 is 3.00 bits per heavy atom. The molecule has 0 saturated heterocycles. The van der Waals surface area contributed by atoms with Crippen LogP contribution < -0.4 is 5.32 Å². The van der Waals surface area contributed by atoms with Gasteiger partial charge in [0.2, 0.25) is 0 Å². The minimum absolute atomic E-state index is 0.0112. The van der Waals surface area contributed by atoms with E-state index in [2.05, 4.69) is 10.5 Å². The van der Waals surface area contributed by atoms with Crippen molar-refractivity contribution in [1.82, 2.24) is 10.5 Å². The standard InChI is InChI=1S/C12H14N2O3/c1-8(5-10-3-4-16-7-10)13-12(15)11-6-9(2)17-14-11/h3-4,6-8H,5H2,1-2H3,(H,13,15). The van der Waals surface area contributed by atoms with Gasteiger partial charge >= 0.3 is 0 Å². The van der Waals surface area contributed by atoms with Gasteiger partial charge in [0.15, 0.2) is 5.69 Å². The average Bonchev–Trinajstić information content (AvgIpc) is 2.89. The molecule has 17 heavy (non-hydrogen) atoms. The number of carbonyl (C=O) groups is 1. The molecule has 0 aliphatic carbocycles. The minimum atomic E-state index is -0.224. The van der Waals surface area contributed by atoms with Crippen LogP contribution in [0.2, 0.25) is 0 Å². The molecule has 1 atom stereocenters. The summed E-state index contributed by atoms with van der Waals surface area (Å²) in [5.41, 5.74) is 1.36. The van der Waals surface area contributed by atoms with Gasteiger partial charge in [-0.15, -0.1) is 0 Å². The van der Waals surface area contributed by atoms with E-state index in [0.29, 0.717) is 11.5 Å². The summed E-state index contributed by atoms with van der Waals surface area (Å²) >= 11 is 0. The number of hydrogen-bond acceptors (Lipinski definition) is 4. The van der Waals surface area contributed by atoms with E-state index in [9.17, 15) is 4.79 Å². The number of furan rings is 1. The summed E-state index contributed by atoms with van der Waals surface area (Å²) < 4.78 is 9.82. The highest BCUT2D eigenvalue weighted by molar-refractivity contribution is 5.92. The Balaban J connectivity index is 1.90. The summed E-state index contributed by atoms with van der Waals surface area (Å²) in [5, 5.41) is 6.50. The van der Waals surface area contributed by atoms with E-state index in [-0.39, 0.29) is 11.9 Å². The first-order chi connectivity index (χ1) is 8.15. The molecular formula is C12H14N2O3. The van der Waals surface area contributed by atoms with E-state index in [1.807, 2.05) is 13.0 Å². The van der Waals surface area contributed by atoms with Crippen molar-refractivity contribution in [3.8, 4) is 0 Å². The summed E-state index contributed by atoms with van der Waals surface area (Å²) in [6.45, 7) is 3.68. The molecule has 0 aliphatic heterocycles. The lowest BCUT2D eigenvalue weighted by Crippen LogP contribution is -2.34. The molecule has 0 fully saturated rings. The van der Waals surface area contributed by atoms with Gasteiger partial charge in [0.05, 0.1) is 12.5 Å². The molecule has 0 aromatic carbocycles. The van der Waals surface area contributed by atoms with Crippen molar-refractivity contribution in [3.05, 3.63) is 41.7 Å². The van der Waals surface area contributed by atoms with Crippen LogP contribution in [-0.4, -0.2) is 17.1 Å². The monoisotopic (exact) mass is 234 g/mol. The first kappa shape index (κ1) is 11.4. The second-order valence-corrected chi connectivity index (χ2v) is 4.03. The van der Waals surface area contributed by atoms with Gasteiger partial charge < -0.3 is 14.3 Å². The highest BCUT2D eigenvalue weighted by atomic mass is 16.5. The van der Waals surface area contributed by atoms with Crippen LogP contribution in [-0.2, 0) is 6.42 Å². The van der Waals surface area contributed by atoms with Crippen LogP contribution in [0, 0.1) is 6.92 Å². The predicted octanol–water partition coefficient (Wildman–Crippen LogP) is 1.94. The molecule has 1 N–H and O–H groups in total. The summed E-state index contributed by atoms with van der Waals surface area (Å²) in [7, 11) is 0. The smallest absolute Gasteiger partial charge is 0.273 e. The number of hydrogen-bond donors (Lipinski definition) is 1. The van der Waals surface area contributed by atoms with E-state index in [1.165, 1.54) is 0 Å². The summed E-state index contributed by atoms with van der Waals surface area (Å²) in [6, 6.07) is 3.50. The largest absolute Gasteiger partial charge is 0.472 e. The Kier molecular flexibility index (Phi) is 3.27. The topological polar surface area (TPSA) is 68.3 Å². The highest BCUT2D eigenvalue weighted by Crippen LogP contribution is 2.05. The van der Waals surface area contributed by atoms with Crippen LogP contribution in [0.4, 0.5) is 0 Å². The molecule has 5 nitrogen and oxygen atoms in total. The second kappa shape index (κ2) is 4.86. The lowest BCUT2D eigenvalue weighted by atomic mass is 10.1. The Morgan fingerprint density at radius 1 is 1.59 bits per heavy atom. The number of carbonyl (C=O) groups excluding carboxylic acids is 1. The molecule has 0 radical (unpaired) electrons. The SMILES string of the molecule is Cc1cc(C(=O)NC(C)Cc2ccoc2)no1. The first-order valence-corrected chi connectivity index (χ1v) is 5.40. The molecule has 1 amide bonds. The third kappa shape index (κ3) is 2.96. The van der Waals surface area contributed by atoms with Crippen molar-refractivity contribution in [1.29, 1.82) is 0 Å². The molecule has 5 heteroatoms. The number of nitrogens with one attached hydrogen (secondary N) is 1. The zero-order valence-corrected chi connectivity index (χ0v) is 9.77. The molecule has 2 aromatic heterocycles. The van der Waals surface area contributed by atoms with Crippen LogP contribution in [0.5, 0.6) is 0 Å². The average molecular weight is 234 g/mol. The van der Waals surface area contributed by atoms with Gasteiger partial charge in [-0.05, 0) is 31.9 Å². The van der Waals surface area contributed by atoms with Gasteiger partial charge in [0.25, 0.3) is 5.91 Å². The Labute approximate surface area is 98.8 Å². The van der Waals surface area contributed by atoms with Gasteiger partial charge in [-0.3, -0.25) is 4.79 Å². The summed E-state index contributed by atoms with van der Waals surface area (Å²) in [6.07, 6.45) is 4.01. The van der Waals surface area contributed by atoms with Gasteiger partial charge in [-0.1, -0.05) is 5.16 Å². The van der Waals surface area contributed by atoms with Crippen LogP contribution in [0.3, 0.4) is 0 Å². The molecule has 0 spiro atoms. The Bertz CT molecular complexity index is 488. The van der Waals surface area contributed by atoms with E-state index < -0.39 is 0 Å². The second-order valence-electron chi connectivity index (χ2n) is 4.03. The van der Waals surface area contributed by atoms with Crippen LogP contribution in [0.1, 0.15) is 28.7 Å². The predicted molar refractivity (Wildman–Crippen MR) is 60.6 cm³/mol. The van der Waals surface area contributed by atoms with Gasteiger partial charge in [-0.2, -0.15) is 0 Å². The number of nitrogens with zero attached hydrogens (tertiary/aromatic N) is 1. The molecular weight excluding hydrogens is 220 g/mol. The number of amides is 1. The molecule has 2 heterocycles. The van der Waals surface area contributed by atoms with Crippen molar-refractivity contribution < 1.29 is 13.7 Å². The lowest BCUT2D eigenvalue weighted by Gasteiger charge is -2.11. The fourth-order valence-corrected chi connectivity index (χ4v) is 1.58. The van der Waals surface area contributed by atoms with Crippen molar-refractivity contribution in [2.75, 3.05) is 0 Å². The fraction of sp³-hybridized carbons (Fsp3) is 0.333. The van der Waals surface area contributed by atoms with E-state index >= 15 is 0 Å². The lowest BCUT2D eigenvalue weighted by molar-refractivity contribution is 0.0931. The zero-order chi connectivity index (χ0) is 12.3. The number of aryl methyl sites for hydroxylation is 1. The maximum absolute atomic E-state index is 11.7. The van der Waals surface area contributed by atoms with E-state index in [0.717, 1.165) is 12.0 Å². The molecule has 90 valence electrons. The molecule has 0 aliphatic rings. The highest BCUT2D eigenvalue weighted by Gasteiger charge is 2.14. The number of rotatable bonds is 4. The van der Waals surface area contributed by atoms with Crippen molar-refractivity contribution >= 4 is 5.91 Å². The van der Waals surface area contributed by atoms with Gasteiger partial charge in [0, 0.05) is 12.1 Å². The van der Waals surface area contributed by atoms with Crippen molar-refractivity contribution in [3.63, 3.8) is 0 Å². The molecule has 2 rings (SSSR count). The van der Waals surface area contributed by atoms with E-state index in [4.69, 9.17) is 8.94 Å². The van der Waals surface area contributed by atoms with Crippen LogP contribution >= 0.6 is 0 Å². The first-order valence-electron chi connectivity index (χ1n) is 5.40. The quantitative estimate of drug-likeness (QED) is 0.877. The van der Waals surface area contributed by atoms with Gasteiger partial charge in [-0.25, -0.2) is 0 Å². The van der Waals surface area contributed by atoms with E-state index in [1.54, 1.807) is 25.5 Å². The molecule has 1 unspecified atom stereocenters. The summed E-state index contributed by atoms with van der Waals surface area (Å²) in [5.74, 6) is 0.399. The van der Waals surface area contributed by atoms with Crippen LogP contribution in [0.15, 0.2) is 33.6 Å². The third-order valence-electron chi connectivity index (χ3n) is 2.36.